The number of rotatable bonds is 3. The SMILES string of the molecule is CC[C@H]1CC[C@H](c2ccc(-c3cc(F)cc(F)c3)cc2)CC1. The fourth-order valence-electron chi connectivity index (χ4n) is 3.57. The monoisotopic (exact) mass is 300 g/mol. The highest BCUT2D eigenvalue weighted by molar-refractivity contribution is 5.63. The van der Waals surface area contributed by atoms with Crippen molar-refractivity contribution in [3.05, 3.63) is 59.7 Å². The quantitative estimate of drug-likeness (QED) is 0.622. The Labute approximate surface area is 131 Å². The molecule has 2 heteroatoms. The zero-order chi connectivity index (χ0) is 15.5. The molecule has 0 heterocycles. The second kappa shape index (κ2) is 6.60. The minimum absolute atomic E-state index is 0.531. The summed E-state index contributed by atoms with van der Waals surface area (Å²) in [6.07, 6.45) is 6.44. The molecule has 1 aliphatic rings. The van der Waals surface area contributed by atoms with Crippen LogP contribution in [0.2, 0.25) is 0 Å². The van der Waals surface area contributed by atoms with Crippen LogP contribution < -0.4 is 0 Å². The van der Waals surface area contributed by atoms with E-state index in [-0.39, 0.29) is 0 Å². The van der Waals surface area contributed by atoms with Crippen LogP contribution in [0.25, 0.3) is 11.1 Å². The van der Waals surface area contributed by atoms with Gasteiger partial charge in [0, 0.05) is 6.07 Å². The lowest BCUT2D eigenvalue weighted by molar-refractivity contribution is 0.319. The van der Waals surface area contributed by atoms with E-state index < -0.39 is 11.6 Å². The van der Waals surface area contributed by atoms with E-state index in [1.165, 1.54) is 49.8 Å². The molecule has 0 aromatic heterocycles. The summed E-state index contributed by atoms with van der Waals surface area (Å²) in [5.41, 5.74) is 2.82. The van der Waals surface area contributed by atoms with Gasteiger partial charge in [-0.25, -0.2) is 8.78 Å². The summed E-state index contributed by atoms with van der Waals surface area (Å²) in [6.45, 7) is 2.28. The van der Waals surface area contributed by atoms with Gasteiger partial charge in [-0.05, 0) is 66.3 Å². The van der Waals surface area contributed by atoms with Gasteiger partial charge in [-0.15, -0.1) is 0 Å². The van der Waals surface area contributed by atoms with Gasteiger partial charge in [0.15, 0.2) is 0 Å². The van der Waals surface area contributed by atoms with Crippen molar-refractivity contribution >= 4 is 0 Å². The Hall–Kier alpha value is -1.70. The Bertz CT molecular complexity index is 602. The third-order valence-electron chi connectivity index (χ3n) is 5.00. The molecule has 116 valence electrons. The number of halogens is 2. The molecule has 2 aromatic carbocycles. The summed E-state index contributed by atoms with van der Waals surface area (Å²) < 4.78 is 26.6. The molecule has 1 saturated carbocycles. The molecule has 1 aliphatic carbocycles. The molecule has 0 nitrogen and oxygen atoms in total. The van der Waals surface area contributed by atoms with E-state index >= 15 is 0 Å². The average molecular weight is 300 g/mol. The first-order chi connectivity index (χ1) is 10.7. The molecule has 0 spiro atoms. The predicted molar refractivity (Wildman–Crippen MR) is 86.8 cm³/mol. The second-order valence-corrected chi connectivity index (χ2v) is 6.41. The van der Waals surface area contributed by atoms with Crippen LogP contribution >= 0.6 is 0 Å². The molecular weight excluding hydrogens is 278 g/mol. The normalized spacial score (nSPS) is 21.8. The molecule has 2 aromatic rings. The summed E-state index contributed by atoms with van der Waals surface area (Å²) in [5.74, 6) is 0.473. The lowest BCUT2D eigenvalue weighted by atomic mass is 9.77. The highest BCUT2D eigenvalue weighted by Crippen LogP contribution is 2.37. The van der Waals surface area contributed by atoms with Gasteiger partial charge in [0.2, 0.25) is 0 Å². The Morgan fingerprint density at radius 1 is 0.818 bits per heavy atom. The molecule has 1 fully saturated rings. The zero-order valence-electron chi connectivity index (χ0n) is 13.0. The Morgan fingerprint density at radius 2 is 1.41 bits per heavy atom. The van der Waals surface area contributed by atoms with Crippen LogP contribution in [0.1, 0.15) is 50.5 Å². The molecule has 0 unspecified atom stereocenters. The zero-order valence-corrected chi connectivity index (χ0v) is 13.0. The summed E-state index contributed by atoms with van der Waals surface area (Å²) in [7, 11) is 0. The number of hydrogen-bond donors (Lipinski definition) is 0. The summed E-state index contributed by atoms with van der Waals surface area (Å²) in [5, 5.41) is 0. The van der Waals surface area contributed by atoms with Gasteiger partial charge in [-0.3, -0.25) is 0 Å². The molecule has 0 N–H and O–H groups in total. The summed E-state index contributed by atoms with van der Waals surface area (Å²) in [6, 6.07) is 11.9. The largest absolute Gasteiger partial charge is 0.207 e. The third-order valence-corrected chi connectivity index (χ3v) is 5.00. The topological polar surface area (TPSA) is 0 Å². The Morgan fingerprint density at radius 3 is 1.95 bits per heavy atom. The van der Waals surface area contributed by atoms with Gasteiger partial charge in [0.05, 0.1) is 0 Å². The van der Waals surface area contributed by atoms with Gasteiger partial charge in [-0.1, -0.05) is 37.6 Å². The van der Waals surface area contributed by atoms with Crippen LogP contribution in [-0.2, 0) is 0 Å². The molecule has 0 radical (unpaired) electrons. The van der Waals surface area contributed by atoms with E-state index in [4.69, 9.17) is 0 Å². The van der Waals surface area contributed by atoms with Crippen LogP contribution in [0, 0.1) is 17.6 Å². The van der Waals surface area contributed by atoms with Gasteiger partial charge in [0.1, 0.15) is 11.6 Å². The van der Waals surface area contributed by atoms with Crippen molar-refractivity contribution in [1.82, 2.24) is 0 Å². The van der Waals surface area contributed by atoms with Crippen molar-refractivity contribution in [2.24, 2.45) is 5.92 Å². The lowest BCUT2D eigenvalue weighted by Crippen LogP contribution is -2.12. The second-order valence-electron chi connectivity index (χ2n) is 6.41. The fourth-order valence-corrected chi connectivity index (χ4v) is 3.57. The van der Waals surface area contributed by atoms with Gasteiger partial charge in [-0.2, -0.15) is 0 Å². The van der Waals surface area contributed by atoms with Crippen molar-refractivity contribution < 1.29 is 8.78 Å². The first-order valence-electron chi connectivity index (χ1n) is 8.22. The Balaban J connectivity index is 1.75. The maximum Gasteiger partial charge on any atom is 0.126 e. The smallest absolute Gasteiger partial charge is 0.126 e. The van der Waals surface area contributed by atoms with Crippen molar-refractivity contribution in [3.8, 4) is 11.1 Å². The van der Waals surface area contributed by atoms with Gasteiger partial charge in [0.25, 0.3) is 0 Å². The third kappa shape index (κ3) is 3.37. The lowest BCUT2D eigenvalue weighted by Gasteiger charge is -2.28. The highest BCUT2D eigenvalue weighted by atomic mass is 19.1. The minimum atomic E-state index is -0.531. The van der Waals surface area contributed by atoms with E-state index in [2.05, 4.69) is 19.1 Å². The molecule has 0 atom stereocenters. The maximum atomic E-state index is 13.3. The van der Waals surface area contributed by atoms with Crippen LogP contribution in [0.3, 0.4) is 0 Å². The molecule has 22 heavy (non-hydrogen) atoms. The van der Waals surface area contributed by atoms with Crippen molar-refractivity contribution in [3.63, 3.8) is 0 Å². The van der Waals surface area contributed by atoms with Crippen molar-refractivity contribution in [2.75, 3.05) is 0 Å². The molecule has 0 aliphatic heterocycles. The van der Waals surface area contributed by atoms with Crippen molar-refractivity contribution in [1.29, 1.82) is 0 Å². The van der Waals surface area contributed by atoms with E-state index in [1.807, 2.05) is 12.1 Å². The minimum Gasteiger partial charge on any atom is -0.207 e. The molecule has 0 amide bonds. The maximum absolute atomic E-state index is 13.3. The predicted octanol–water partition coefficient (Wildman–Crippen LogP) is 6.32. The average Bonchev–Trinajstić information content (AvgIpc) is 2.54. The first-order valence-corrected chi connectivity index (χ1v) is 8.22. The number of benzene rings is 2. The summed E-state index contributed by atoms with van der Waals surface area (Å²) >= 11 is 0. The van der Waals surface area contributed by atoms with Gasteiger partial charge >= 0.3 is 0 Å². The van der Waals surface area contributed by atoms with E-state index in [9.17, 15) is 8.78 Å². The van der Waals surface area contributed by atoms with Crippen LogP contribution in [0.5, 0.6) is 0 Å². The fraction of sp³-hybridized carbons (Fsp3) is 0.400. The Kier molecular flexibility index (Phi) is 4.56. The molecular formula is C20H22F2. The van der Waals surface area contributed by atoms with Crippen molar-refractivity contribution in [2.45, 2.75) is 44.9 Å². The number of hydrogen-bond acceptors (Lipinski definition) is 0. The van der Waals surface area contributed by atoms with E-state index in [1.54, 1.807) is 0 Å². The highest BCUT2D eigenvalue weighted by Gasteiger charge is 2.21. The molecule has 3 rings (SSSR count). The van der Waals surface area contributed by atoms with Crippen LogP contribution in [0.4, 0.5) is 8.78 Å². The summed E-state index contributed by atoms with van der Waals surface area (Å²) in [4.78, 5) is 0. The van der Waals surface area contributed by atoms with Crippen LogP contribution in [0.15, 0.2) is 42.5 Å². The molecule has 0 bridgehead atoms. The van der Waals surface area contributed by atoms with E-state index in [0.717, 1.165) is 17.5 Å². The van der Waals surface area contributed by atoms with E-state index in [0.29, 0.717) is 11.5 Å². The standard InChI is InChI=1S/C20H22F2/c1-2-14-3-5-15(6-4-14)16-7-9-17(10-8-16)18-11-19(21)13-20(22)12-18/h7-15H,2-6H2,1H3/t14-,15-. The van der Waals surface area contributed by atoms with Gasteiger partial charge < -0.3 is 0 Å². The molecule has 0 saturated heterocycles. The van der Waals surface area contributed by atoms with Crippen LogP contribution in [-0.4, -0.2) is 0 Å². The first kappa shape index (κ1) is 15.2.